The van der Waals surface area contributed by atoms with Crippen molar-refractivity contribution in [3.63, 3.8) is 0 Å². The quantitative estimate of drug-likeness (QED) is 0.344. The van der Waals surface area contributed by atoms with Gasteiger partial charge in [0.2, 0.25) is 0 Å². The van der Waals surface area contributed by atoms with Gasteiger partial charge >= 0.3 is 0 Å². The third-order valence-corrected chi connectivity index (χ3v) is 7.11. The van der Waals surface area contributed by atoms with Crippen molar-refractivity contribution in [1.29, 1.82) is 0 Å². The number of carbonyl (C=O) groups is 1. The zero-order valence-corrected chi connectivity index (χ0v) is 18.1. The number of thiazole rings is 1. The molecule has 0 N–H and O–H groups in total. The van der Waals surface area contributed by atoms with Crippen molar-refractivity contribution in [2.75, 3.05) is 4.90 Å². The molecule has 0 unspecified atom stereocenters. The molecule has 0 aliphatic carbocycles. The summed E-state index contributed by atoms with van der Waals surface area (Å²) in [5.41, 5.74) is 2.55. The van der Waals surface area contributed by atoms with Crippen LogP contribution in [0.2, 0.25) is 5.02 Å². The van der Waals surface area contributed by atoms with Crippen LogP contribution in [-0.4, -0.2) is 15.9 Å². The van der Waals surface area contributed by atoms with E-state index < -0.39 is 0 Å². The number of benzene rings is 1. The van der Waals surface area contributed by atoms with Crippen LogP contribution in [0.5, 0.6) is 0 Å². The highest BCUT2D eigenvalue weighted by Gasteiger charge is 2.24. The summed E-state index contributed by atoms with van der Waals surface area (Å²) in [4.78, 5) is 24.6. The Morgan fingerprint density at radius 3 is 2.74 bits per heavy atom. The number of pyridine rings is 1. The third kappa shape index (κ3) is 3.78. The minimum absolute atomic E-state index is 0.0980. The van der Waals surface area contributed by atoms with Crippen molar-refractivity contribution in [1.82, 2.24) is 9.97 Å². The molecule has 4 aromatic rings. The molecule has 0 aliphatic heterocycles. The van der Waals surface area contributed by atoms with E-state index >= 15 is 0 Å². The van der Waals surface area contributed by atoms with Crippen LogP contribution in [-0.2, 0) is 6.54 Å². The second-order valence-corrected chi connectivity index (χ2v) is 9.71. The summed E-state index contributed by atoms with van der Waals surface area (Å²) < 4.78 is 1.91. The van der Waals surface area contributed by atoms with Gasteiger partial charge in [-0.2, -0.15) is 0 Å². The van der Waals surface area contributed by atoms with E-state index in [0.29, 0.717) is 21.6 Å². The van der Waals surface area contributed by atoms with Gasteiger partial charge in [-0.15, -0.1) is 11.3 Å². The summed E-state index contributed by atoms with van der Waals surface area (Å²) in [6, 6.07) is 13.2. The van der Waals surface area contributed by atoms with Gasteiger partial charge in [0, 0.05) is 11.2 Å². The van der Waals surface area contributed by atoms with Crippen LogP contribution in [0.1, 0.15) is 20.9 Å². The Bertz CT molecular complexity index is 1130. The van der Waals surface area contributed by atoms with Gasteiger partial charge < -0.3 is 0 Å². The van der Waals surface area contributed by atoms with Gasteiger partial charge in [-0.05, 0) is 64.8 Å². The molecule has 0 saturated carbocycles. The Kier molecular flexibility index (Phi) is 5.27. The van der Waals surface area contributed by atoms with Gasteiger partial charge in [0.05, 0.1) is 31.1 Å². The number of halogens is 2. The first-order valence-corrected chi connectivity index (χ1v) is 10.9. The lowest BCUT2D eigenvalue weighted by molar-refractivity contribution is 0.0988. The maximum absolute atomic E-state index is 13.2. The van der Waals surface area contributed by atoms with Crippen molar-refractivity contribution in [2.24, 2.45) is 0 Å². The average molecular weight is 479 g/mol. The molecule has 3 aromatic heterocycles. The number of carbonyl (C=O) groups excluding carboxylic acids is 1. The van der Waals surface area contributed by atoms with Crippen LogP contribution >= 0.6 is 50.2 Å². The SMILES string of the molecule is Cc1c(Cl)ccc2sc(N(Cc3ccccn3)C(=O)c3ccc(Br)s3)nc12. The minimum atomic E-state index is -0.0980. The van der Waals surface area contributed by atoms with E-state index in [4.69, 9.17) is 16.6 Å². The smallest absolute Gasteiger partial charge is 0.270 e. The van der Waals surface area contributed by atoms with Crippen molar-refractivity contribution >= 4 is 71.5 Å². The van der Waals surface area contributed by atoms with E-state index in [1.165, 1.54) is 22.7 Å². The number of aryl methyl sites for hydroxylation is 1. The van der Waals surface area contributed by atoms with E-state index in [1.807, 2.05) is 49.4 Å². The number of amides is 1. The van der Waals surface area contributed by atoms with Gasteiger partial charge in [-0.25, -0.2) is 4.98 Å². The van der Waals surface area contributed by atoms with Gasteiger partial charge in [0.1, 0.15) is 0 Å². The molecule has 4 rings (SSSR count). The molecule has 0 atom stereocenters. The van der Waals surface area contributed by atoms with Crippen LogP contribution in [0.3, 0.4) is 0 Å². The summed E-state index contributed by atoms with van der Waals surface area (Å²) in [5, 5.41) is 1.31. The van der Waals surface area contributed by atoms with Gasteiger partial charge in [-0.1, -0.05) is 29.0 Å². The lowest BCUT2D eigenvalue weighted by Gasteiger charge is -2.18. The van der Waals surface area contributed by atoms with E-state index in [2.05, 4.69) is 20.9 Å². The molecule has 8 heteroatoms. The number of fused-ring (bicyclic) bond motifs is 1. The maximum Gasteiger partial charge on any atom is 0.270 e. The van der Waals surface area contributed by atoms with Gasteiger partial charge in [0.15, 0.2) is 5.13 Å². The molecule has 0 bridgehead atoms. The van der Waals surface area contributed by atoms with E-state index in [1.54, 1.807) is 11.1 Å². The summed E-state index contributed by atoms with van der Waals surface area (Å²) in [7, 11) is 0. The fourth-order valence-electron chi connectivity index (χ4n) is 2.65. The Balaban J connectivity index is 1.79. The first-order chi connectivity index (χ1) is 13.0. The lowest BCUT2D eigenvalue weighted by Crippen LogP contribution is -2.30. The van der Waals surface area contributed by atoms with Crippen molar-refractivity contribution in [2.45, 2.75) is 13.5 Å². The predicted molar refractivity (Wildman–Crippen MR) is 116 cm³/mol. The Morgan fingerprint density at radius 2 is 2.04 bits per heavy atom. The number of rotatable bonds is 4. The van der Waals surface area contributed by atoms with Crippen molar-refractivity contribution in [3.8, 4) is 0 Å². The summed E-state index contributed by atoms with van der Waals surface area (Å²) in [6.45, 7) is 2.29. The zero-order valence-electron chi connectivity index (χ0n) is 14.1. The molecular weight excluding hydrogens is 466 g/mol. The largest absolute Gasteiger partial charge is 0.277 e. The highest BCUT2D eigenvalue weighted by atomic mass is 79.9. The molecule has 1 aromatic carbocycles. The minimum Gasteiger partial charge on any atom is -0.277 e. The monoisotopic (exact) mass is 477 g/mol. The first kappa shape index (κ1) is 18.6. The molecule has 136 valence electrons. The van der Waals surface area contributed by atoms with E-state index in [9.17, 15) is 4.79 Å². The van der Waals surface area contributed by atoms with Crippen LogP contribution < -0.4 is 4.90 Å². The van der Waals surface area contributed by atoms with Crippen LogP contribution in [0.25, 0.3) is 10.2 Å². The second-order valence-electron chi connectivity index (χ2n) is 5.83. The molecular formula is C19H13BrClN3OS2. The van der Waals surface area contributed by atoms with Gasteiger partial charge in [-0.3, -0.25) is 14.7 Å². The van der Waals surface area contributed by atoms with Crippen LogP contribution in [0.15, 0.2) is 52.4 Å². The van der Waals surface area contributed by atoms with Crippen LogP contribution in [0, 0.1) is 6.92 Å². The summed E-state index contributed by atoms with van der Waals surface area (Å²) in [5.74, 6) is -0.0980. The first-order valence-electron chi connectivity index (χ1n) is 8.05. The van der Waals surface area contributed by atoms with Crippen molar-refractivity contribution < 1.29 is 4.79 Å². The van der Waals surface area contributed by atoms with Gasteiger partial charge in [0.25, 0.3) is 5.91 Å². The molecule has 1 amide bonds. The van der Waals surface area contributed by atoms with E-state index in [0.717, 1.165) is 25.3 Å². The predicted octanol–water partition coefficient (Wildman–Crippen LogP) is 6.32. The molecule has 4 nitrogen and oxygen atoms in total. The van der Waals surface area contributed by atoms with Crippen molar-refractivity contribution in [3.05, 3.63) is 73.6 Å². The number of aromatic nitrogens is 2. The molecule has 27 heavy (non-hydrogen) atoms. The molecule has 3 heterocycles. The fraction of sp³-hybridized carbons (Fsp3) is 0.105. The molecule has 0 aliphatic rings. The normalized spacial score (nSPS) is 11.1. The Morgan fingerprint density at radius 1 is 1.19 bits per heavy atom. The molecule has 0 saturated heterocycles. The Labute approximate surface area is 177 Å². The zero-order chi connectivity index (χ0) is 19.0. The average Bonchev–Trinajstić information content (AvgIpc) is 3.30. The topological polar surface area (TPSA) is 46.1 Å². The molecule has 0 spiro atoms. The number of nitrogens with zero attached hydrogens (tertiary/aromatic N) is 3. The highest BCUT2D eigenvalue weighted by Crippen LogP contribution is 2.35. The fourth-order valence-corrected chi connectivity index (χ4v) is 5.16. The highest BCUT2D eigenvalue weighted by molar-refractivity contribution is 9.11. The maximum atomic E-state index is 13.2. The summed E-state index contributed by atoms with van der Waals surface area (Å²) >= 11 is 12.5. The molecule has 0 fully saturated rings. The van der Waals surface area contributed by atoms with Crippen LogP contribution in [0.4, 0.5) is 5.13 Å². The lowest BCUT2D eigenvalue weighted by atomic mass is 10.2. The third-order valence-electron chi connectivity index (χ3n) is 4.04. The second kappa shape index (κ2) is 7.67. The number of hydrogen-bond donors (Lipinski definition) is 0. The number of thiophene rings is 1. The molecule has 0 radical (unpaired) electrons. The summed E-state index contributed by atoms with van der Waals surface area (Å²) in [6.07, 6.45) is 1.72. The Hall–Kier alpha value is -1.80. The standard InChI is InChI=1S/C19H13BrClN3OS2/c1-11-13(21)5-6-14-17(11)23-19(27-14)24(10-12-4-2-3-9-22-12)18(25)15-7-8-16(20)26-15/h2-9H,10H2,1H3. The number of anilines is 1. The number of hydrogen-bond acceptors (Lipinski definition) is 5. The van der Waals surface area contributed by atoms with E-state index in [-0.39, 0.29) is 5.91 Å².